The Balaban J connectivity index is 5.05. The van der Waals surface area contributed by atoms with Gasteiger partial charge in [0, 0.05) is 21.5 Å². The fourth-order valence-electron chi connectivity index (χ4n) is 0.981. The fourth-order valence-corrected chi connectivity index (χ4v) is 0.981. The molecule has 0 unspecified atom stereocenters. The van der Waals surface area contributed by atoms with E-state index in [1.807, 2.05) is 0 Å². The third-order valence-electron chi connectivity index (χ3n) is 1.66. The van der Waals surface area contributed by atoms with Gasteiger partial charge in [-0.25, -0.2) is 0 Å². The molecule has 0 aliphatic heterocycles. The van der Waals surface area contributed by atoms with Crippen molar-refractivity contribution >= 4 is 5.97 Å². The number of hydrogen-bond acceptors (Lipinski definition) is 1. The fraction of sp³-hybridized carbons (Fsp3) is 0.917. The Bertz CT molecular complexity index is 456. The highest BCUT2D eigenvalue weighted by molar-refractivity contribution is 5.66. The van der Waals surface area contributed by atoms with Gasteiger partial charge in [0.05, 0.1) is 0 Å². The lowest BCUT2D eigenvalue weighted by Gasteiger charge is -2.00. The molecule has 0 saturated carbocycles. The van der Waals surface area contributed by atoms with E-state index in [1.165, 1.54) is 0 Å². The van der Waals surface area contributed by atoms with Gasteiger partial charge < -0.3 is 5.11 Å². The van der Waals surface area contributed by atoms with Gasteiger partial charge in [-0.1, -0.05) is 58.0 Å². The maximum Gasteiger partial charge on any atom is 0.303 e. The molecule has 84 valence electrons. The highest BCUT2D eigenvalue weighted by Crippen LogP contribution is 2.10. The van der Waals surface area contributed by atoms with Crippen LogP contribution in [0.1, 0.15) is 85.9 Å². The third-order valence-corrected chi connectivity index (χ3v) is 1.66. The molecule has 2 heteroatoms. The standard InChI is InChI=1S/C12H24O2/c1-2-3-4-5-6-7-8-9-10-11-12(13)14/h2-11H2,1H3,(H,13,14)/i1D3,2D2,3D2,4D2,5D2,11+1,12+1. The molecule has 0 aliphatic rings. The van der Waals surface area contributed by atoms with E-state index in [2.05, 4.69) is 0 Å². The highest BCUT2D eigenvalue weighted by atomic mass is 16.5. The summed E-state index contributed by atoms with van der Waals surface area (Å²) in [6, 6.07) is 0. The van der Waals surface area contributed by atoms with Crippen LogP contribution in [0.4, 0.5) is 0 Å². The summed E-state index contributed by atoms with van der Waals surface area (Å²) in [5.74, 6) is -0.952. The van der Waals surface area contributed by atoms with Crippen molar-refractivity contribution in [1.29, 1.82) is 0 Å². The zero-order chi connectivity index (χ0) is 20.3. The van der Waals surface area contributed by atoms with E-state index in [0.717, 1.165) is 0 Å². The van der Waals surface area contributed by atoms with Crippen LogP contribution in [0.3, 0.4) is 0 Å². The molecule has 2 nitrogen and oxygen atoms in total. The first-order valence-corrected chi connectivity index (χ1v) is 4.63. The molecule has 0 rings (SSSR count). The summed E-state index contributed by atoms with van der Waals surface area (Å²) in [5, 5.41) is 8.50. The van der Waals surface area contributed by atoms with Gasteiger partial charge in [-0.3, -0.25) is 4.79 Å². The molecule has 0 heterocycles. The number of carboxylic acids is 1. The number of unbranched alkanes of at least 4 members (excludes halogenated alkanes) is 3. The van der Waals surface area contributed by atoms with Crippen LogP contribution >= 0.6 is 0 Å². The molecule has 0 aromatic heterocycles. The van der Waals surface area contributed by atoms with Gasteiger partial charge in [0.1, 0.15) is 0 Å². The maximum absolute atomic E-state index is 10.4. The second-order valence-corrected chi connectivity index (χ2v) is 2.86. The average Bonchev–Trinajstić information content (AvgIpc) is 2.40. The van der Waals surface area contributed by atoms with E-state index in [0.29, 0.717) is 19.3 Å². The number of aliphatic carboxylic acids is 1. The van der Waals surface area contributed by atoms with Crippen LogP contribution in [0.15, 0.2) is 0 Å². The lowest BCUT2D eigenvalue weighted by molar-refractivity contribution is -0.137. The molecule has 0 saturated heterocycles. The Labute approximate surface area is 103 Å². The molecule has 0 fully saturated rings. The van der Waals surface area contributed by atoms with Crippen molar-refractivity contribution < 1.29 is 25.0 Å². The molecule has 14 heavy (non-hydrogen) atoms. The van der Waals surface area contributed by atoms with Gasteiger partial charge in [-0.2, -0.15) is 0 Å². The van der Waals surface area contributed by atoms with E-state index in [4.69, 9.17) is 20.2 Å². The summed E-state index contributed by atoms with van der Waals surface area (Å²) in [5.41, 5.74) is 0. The van der Waals surface area contributed by atoms with Gasteiger partial charge in [-0.05, 0) is 6.42 Å². The number of carbonyl (C=O) groups is 1. The van der Waals surface area contributed by atoms with Crippen molar-refractivity contribution in [2.24, 2.45) is 0 Å². The number of hydrogen-bond donors (Lipinski definition) is 1. The smallest absolute Gasteiger partial charge is 0.303 e. The lowest BCUT2D eigenvalue weighted by atomic mass is 10.1. The topological polar surface area (TPSA) is 37.3 Å². The lowest BCUT2D eigenvalue weighted by Crippen LogP contribution is -1.93. The Morgan fingerprint density at radius 1 is 1.14 bits per heavy atom. The quantitative estimate of drug-likeness (QED) is 0.440. The Kier molecular flexibility index (Phi) is 2.87. The summed E-state index contributed by atoms with van der Waals surface area (Å²) >= 11 is 0. The van der Waals surface area contributed by atoms with Crippen molar-refractivity contribution in [2.75, 3.05) is 0 Å². The Morgan fingerprint density at radius 2 is 1.86 bits per heavy atom. The molecule has 0 spiro atoms. The molecule has 0 aromatic carbocycles. The van der Waals surface area contributed by atoms with Crippen molar-refractivity contribution in [3.05, 3.63) is 0 Å². The van der Waals surface area contributed by atoms with Gasteiger partial charge in [0.15, 0.2) is 0 Å². The highest BCUT2D eigenvalue weighted by Gasteiger charge is 1.96. The zero-order valence-electron chi connectivity index (χ0n) is 19.1. The number of rotatable bonds is 10. The molecule has 1 N–H and O–H groups in total. The minimum Gasteiger partial charge on any atom is -0.481 e. The zero-order valence-corrected chi connectivity index (χ0v) is 8.10. The van der Waals surface area contributed by atoms with Gasteiger partial charge in [0.25, 0.3) is 0 Å². The minimum atomic E-state index is -3.60. The van der Waals surface area contributed by atoms with E-state index in [9.17, 15) is 4.79 Å². The maximum atomic E-state index is 10.4. The minimum absolute atomic E-state index is 0.0327. The first-order chi connectivity index (χ1) is 10.9. The average molecular weight is 213 g/mol. The summed E-state index contributed by atoms with van der Waals surface area (Å²) in [7, 11) is 0. The van der Waals surface area contributed by atoms with Crippen molar-refractivity contribution in [3.8, 4) is 0 Å². The van der Waals surface area contributed by atoms with Crippen molar-refractivity contribution in [3.63, 3.8) is 0 Å². The molecular weight excluding hydrogens is 178 g/mol. The molecule has 0 bridgehead atoms. The summed E-state index contributed by atoms with van der Waals surface area (Å²) in [6.07, 6.45) is -12.4. The van der Waals surface area contributed by atoms with Gasteiger partial charge >= 0.3 is 5.97 Å². The number of carboxylic acid groups (broad SMARTS) is 1. The van der Waals surface area contributed by atoms with Crippen LogP contribution in [-0.2, 0) is 4.79 Å². The van der Waals surface area contributed by atoms with Crippen LogP contribution in [0.2, 0.25) is 0 Å². The van der Waals surface area contributed by atoms with Crippen molar-refractivity contribution in [1.82, 2.24) is 0 Å². The first kappa shape index (κ1) is 3.80. The van der Waals surface area contributed by atoms with Crippen LogP contribution in [-0.4, -0.2) is 11.1 Å². The third kappa shape index (κ3) is 11.5. The summed E-state index contributed by atoms with van der Waals surface area (Å²) in [6.45, 7) is -3.46. The van der Waals surface area contributed by atoms with E-state index in [-0.39, 0.29) is 12.8 Å². The molecule has 0 radical (unpaired) electrons. The van der Waals surface area contributed by atoms with E-state index < -0.39 is 44.7 Å². The Morgan fingerprint density at radius 3 is 2.57 bits per heavy atom. The first-order valence-electron chi connectivity index (χ1n) is 10.1. The predicted octanol–water partition coefficient (Wildman–Crippen LogP) is 3.99. The monoisotopic (exact) mass is 213 g/mol. The van der Waals surface area contributed by atoms with Crippen LogP contribution in [0, 0.1) is 0 Å². The predicted molar refractivity (Wildman–Crippen MR) is 59.5 cm³/mol. The van der Waals surface area contributed by atoms with Crippen molar-refractivity contribution in [2.45, 2.75) is 70.9 Å². The Hall–Kier alpha value is -0.530. The largest absolute Gasteiger partial charge is 0.481 e. The van der Waals surface area contributed by atoms with Crippen LogP contribution in [0.25, 0.3) is 0 Å². The second kappa shape index (κ2) is 10.6. The summed E-state index contributed by atoms with van der Waals surface area (Å²) < 4.78 is 82.9. The molecule has 0 amide bonds. The van der Waals surface area contributed by atoms with E-state index in [1.54, 1.807) is 0 Å². The van der Waals surface area contributed by atoms with E-state index >= 15 is 0 Å². The molecule has 0 aromatic rings. The molecule has 0 atom stereocenters. The molecule has 0 aliphatic carbocycles. The normalized spacial score (nSPS) is 27.0. The second-order valence-electron chi connectivity index (χ2n) is 2.86. The summed E-state index contributed by atoms with van der Waals surface area (Å²) in [4.78, 5) is 10.4. The SMILES string of the molecule is [2H]C([2H])([2H])C([2H])([2H])C([2H])([2H])C([2H])([2H])C([2H])([2H])CCCCC[13CH2][13C](=O)O. The van der Waals surface area contributed by atoms with Gasteiger partial charge in [0.2, 0.25) is 0 Å². The van der Waals surface area contributed by atoms with Crippen LogP contribution < -0.4 is 0 Å². The van der Waals surface area contributed by atoms with Crippen LogP contribution in [0.5, 0.6) is 0 Å². The van der Waals surface area contributed by atoms with Gasteiger partial charge in [-0.15, -0.1) is 0 Å². The molecular formula is C12H24O2.